The molecular weight excluding hydrogens is 150 g/mol. The summed E-state index contributed by atoms with van der Waals surface area (Å²) in [6.07, 6.45) is 5.69. The summed E-state index contributed by atoms with van der Waals surface area (Å²) >= 11 is 0. The van der Waals surface area contributed by atoms with Crippen LogP contribution in [0.3, 0.4) is 0 Å². The number of nitrogens with zero attached hydrogens (tertiary/aromatic N) is 1. The first kappa shape index (κ1) is 7.58. The number of terminal acetylenes is 1. The molecule has 0 bridgehead atoms. The van der Waals surface area contributed by atoms with E-state index >= 15 is 0 Å². The molecule has 0 unspecified atom stereocenters. The van der Waals surface area contributed by atoms with E-state index in [1.807, 2.05) is 0 Å². The van der Waals surface area contributed by atoms with Crippen LogP contribution in [0.5, 0.6) is 0 Å². The summed E-state index contributed by atoms with van der Waals surface area (Å²) in [5.41, 5.74) is 0. The van der Waals surface area contributed by atoms with Gasteiger partial charge in [0.05, 0.1) is 12.3 Å². The molecule has 1 rings (SSSR count). The van der Waals surface area contributed by atoms with E-state index in [0.29, 0.717) is 13.0 Å². The van der Waals surface area contributed by atoms with Gasteiger partial charge < -0.3 is 0 Å². The second-order valence-electron chi connectivity index (χ2n) is 2.21. The Morgan fingerprint density at radius 3 is 2.70 bits per heavy atom. The highest BCUT2D eigenvalue weighted by Gasteiger charge is 2.26. The Bertz CT molecular complexity index is 249. The van der Waals surface area contributed by atoms with Crippen LogP contribution in [0.15, 0.2) is 0 Å². The van der Waals surface area contributed by atoms with Crippen molar-refractivity contribution in [2.75, 3.05) is 18.8 Å². The van der Waals surface area contributed by atoms with Gasteiger partial charge >= 0.3 is 0 Å². The van der Waals surface area contributed by atoms with Crippen molar-refractivity contribution in [2.45, 2.75) is 6.42 Å². The smallest absolute Gasteiger partial charge is 0.212 e. The van der Waals surface area contributed by atoms with Gasteiger partial charge in [-0.3, -0.25) is 0 Å². The molecule has 0 spiro atoms. The fraction of sp³-hybridized carbons (Fsp3) is 0.667. The fourth-order valence-electron chi connectivity index (χ4n) is 0.971. The van der Waals surface area contributed by atoms with Crippen molar-refractivity contribution in [3.63, 3.8) is 0 Å². The lowest BCUT2D eigenvalue weighted by molar-refractivity contribution is 0.483. The minimum absolute atomic E-state index is 0.225. The van der Waals surface area contributed by atoms with Gasteiger partial charge in [0.2, 0.25) is 10.0 Å². The lowest BCUT2D eigenvalue weighted by atomic mass is 10.5. The first-order valence-corrected chi connectivity index (χ1v) is 4.69. The highest BCUT2D eigenvalue weighted by atomic mass is 32.2. The van der Waals surface area contributed by atoms with Crippen molar-refractivity contribution in [1.82, 2.24) is 4.31 Å². The molecule has 1 fully saturated rings. The van der Waals surface area contributed by atoms with Crippen LogP contribution in [0.1, 0.15) is 6.42 Å². The van der Waals surface area contributed by atoms with E-state index < -0.39 is 10.0 Å². The highest BCUT2D eigenvalue weighted by Crippen LogP contribution is 2.11. The molecule has 1 aliphatic rings. The number of sulfonamides is 1. The lowest BCUT2D eigenvalue weighted by Crippen LogP contribution is -2.25. The van der Waals surface area contributed by atoms with E-state index in [2.05, 4.69) is 5.92 Å². The van der Waals surface area contributed by atoms with Crippen molar-refractivity contribution in [1.29, 1.82) is 0 Å². The van der Waals surface area contributed by atoms with Crippen LogP contribution >= 0.6 is 0 Å². The molecule has 56 valence electrons. The average molecular weight is 159 g/mol. The van der Waals surface area contributed by atoms with Crippen molar-refractivity contribution in [3.05, 3.63) is 0 Å². The van der Waals surface area contributed by atoms with Crippen molar-refractivity contribution < 1.29 is 8.42 Å². The molecule has 10 heavy (non-hydrogen) atoms. The second-order valence-corrected chi connectivity index (χ2v) is 4.30. The molecule has 0 N–H and O–H groups in total. The normalized spacial score (nSPS) is 24.3. The van der Waals surface area contributed by atoms with E-state index in [4.69, 9.17) is 6.42 Å². The standard InChI is InChI=1S/C6H9NO2S/c1-2-4-7-5-3-6-10(7,8)9/h1H,3-6H2. The molecule has 0 aromatic carbocycles. The third-order valence-corrected chi connectivity index (χ3v) is 3.37. The predicted molar refractivity (Wildman–Crippen MR) is 38.8 cm³/mol. The molecule has 0 aliphatic carbocycles. The number of rotatable bonds is 1. The zero-order chi connectivity index (χ0) is 7.61. The Kier molecular flexibility index (Phi) is 1.97. The molecule has 3 nitrogen and oxygen atoms in total. The minimum atomic E-state index is -2.96. The molecule has 0 aromatic heterocycles. The van der Waals surface area contributed by atoms with Crippen molar-refractivity contribution >= 4 is 10.0 Å². The zero-order valence-corrected chi connectivity index (χ0v) is 6.39. The zero-order valence-electron chi connectivity index (χ0n) is 5.58. The van der Waals surface area contributed by atoms with Gasteiger partial charge in [-0.05, 0) is 6.42 Å². The number of hydrogen-bond acceptors (Lipinski definition) is 2. The Morgan fingerprint density at radius 2 is 2.30 bits per heavy atom. The molecule has 0 saturated carbocycles. The maximum Gasteiger partial charge on any atom is 0.215 e. The van der Waals surface area contributed by atoms with E-state index in [0.717, 1.165) is 0 Å². The van der Waals surface area contributed by atoms with Crippen LogP contribution < -0.4 is 0 Å². The van der Waals surface area contributed by atoms with Crippen LogP contribution in [0, 0.1) is 12.3 Å². The van der Waals surface area contributed by atoms with E-state index in [9.17, 15) is 8.42 Å². The SMILES string of the molecule is C#CCN1CCCS1(=O)=O. The molecule has 0 atom stereocenters. The molecular formula is C6H9NO2S. The summed E-state index contributed by atoms with van der Waals surface area (Å²) in [6.45, 7) is 0.814. The summed E-state index contributed by atoms with van der Waals surface area (Å²) in [5.74, 6) is 2.57. The van der Waals surface area contributed by atoms with Crippen molar-refractivity contribution in [3.8, 4) is 12.3 Å². The minimum Gasteiger partial charge on any atom is -0.212 e. The topological polar surface area (TPSA) is 37.4 Å². The first-order valence-electron chi connectivity index (χ1n) is 3.08. The van der Waals surface area contributed by atoms with Gasteiger partial charge in [0.25, 0.3) is 0 Å². The molecule has 1 aliphatic heterocycles. The van der Waals surface area contributed by atoms with Crippen molar-refractivity contribution in [2.24, 2.45) is 0 Å². The van der Waals surface area contributed by atoms with E-state index in [-0.39, 0.29) is 12.3 Å². The highest BCUT2D eigenvalue weighted by molar-refractivity contribution is 7.89. The second kappa shape index (κ2) is 2.60. The number of hydrogen-bond donors (Lipinski definition) is 0. The maximum atomic E-state index is 11.0. The van der Waals surface area contributed by atoms with Gasteiger partial charge in [0.1, 0.15) is 0 Å². The summed E-state index contributed by atoms with van der Waals surface area (Å²) in [5, 5.41) is 0. The van der Waals surface area contributed by atoms with E-state index in [1.165, 1.54) is 4.31 Å². The summed E-state index contributed by atoms with van der Waals surface area (Å²) in [7, 11) is -2.96. The van der Waals surface area contributed by atoms with Gasteiger partial charge in [0.15, 0.2) is 0 Å². The van der Waals surface area contributed by atoms with Crippen LogP contribution in [-0.2, 0) is 10.0 Å². The van der Waals surface area contributed by atoms with Crippen LogP contribution in [0.2, 0.25) is 0 Å². The molecule has 0 aromatic rings. The third-order valence-electron chi connectivity index (χ3n) is 1.47. The quantitative estimate of drug-likeness (QED) is 0.491. The summed E-state index contributed by atoms with van der Waals surface area (Å²) in [4.78, 5) is 0. The van der Waals surface area contributed by atoms with Gasteiger partial charge in [0, 0.05) is 6.54 Å². The maximum absolute atomic E-state index is 11.0. The van der Waals surface area contributed by atoms with E-state index in [1.54, 1.807) is 0 Å². The van der Waals surface area contributed by atoms with Gasteiger partial charge in [-0.15, -0.1) is 6.42 Å². The van der Waals surface area contributed by atoms with Gasteiger partial charge in [-0.25, -0.2) is 8.42 Å². The van der Waals surface area contributed by atoms with Crippen LogP contribution in [0.25, 0.3) is 0 Å². The fourth-order valence-corrected chi connectivity index (χ4v) is 2.40. The largest absolute Gasteiger partial charge is 0.215 e. The molecule has 1 heterocycles. The monoisotopic (exact) mass is 159 g/mol. The van der Waals surface area contributed by atoms with Crippen LogP contribution in [0.4, 0.5) is 0 Å². The van der Waals surface area contributed by atoms with Crippen LogP contribution in [-0.4, -0.2) is 31.6 Å². The molecule has 1 saturated heterocycles. The molecule has 0 amide bonds. The molecule has 4 heteroatoms. The average Bonchev–Trinajstić information content (AvgIpc) is 2.13. The Labute approximate surface area is 61.1 Å². The summed E-state index contributed by atoms with van der Waals surface area (Å²) in [6, 6.07) is 0. The molecule has 0 radical (unpaired) electrons. The van der Waals surface area contributed by atoms with Gasteiger partial charge in [-0.2, -0.15) is 4.31 Å². The summed E-state index contributed by atoms with van der Waals surface area (Å²) < 4.78 is 23.3. The Hall–Kier alpha value is -0.530. The first-order chi connectivity index (χ1) is 4.67. The third kappa shape index (κ3) is 1.31. The predicted octanol–water partition coefficient (Wildman–Crippen LogP) is -0.345. The van der Waals surface area contributed by atoms with Gasteiger partial charge in [-0.1, -0.05) is 5.92 Å². The Balaban J connectivity index is 2.72. The Morgan fingerprint density at radius 1 is 1.60 bits per heavy atom. The lowest BCUT2D eigenvalue weighted by Gasteiger charge is -2.08.